The van der Waals surface area contributed by atoms with Gasteiger partial charge < -0.3 is 9.88 Å². The van der Waals surface area contributed by atoms with E-state index in [4.69, 9.17) is 0 Å². The van der Waals surface area contributed by atoms with Crippen molar-refractivity contribution in [1.82, 2.24) is 14.5 Å². The Morgan fingerprint density at radius 1 is 1.57 bits per heavy atom. The summed E-state index contributed by atoms with van der Waals surface area (Å²) in [4.78, 5) is 8.50. The van der Waals surface area contributed by atoms with Gasteiger partial charge in [-0.05, 0) is 6.07 Å². The van der Waals surface area contributed by atoms with E-state index in [2.05, 4.69) is 21.9 Å². The molecule has 0 saturated carbocycles. The molecule has 0 aliphatic heterocycles. The van der Waals surface area contributed by atoms with Crippen LogP contribution in [-0.4, -0.2) is 21.1 Å². The summed E-state index contributed by atoms with van der Waals surface area (Å²) in [6, 6.07) is 1.95. The van der Waals surface area contributed by atoms with Crippen LogP contribution in [0.1, 0.15) is 0 Å². The van der Waals surface area contributed by atoms with Gasteiger partial charge in [0, 0.05) is 19.8 Å². The first kappa shape index (κ1) is 8.74. The van der Waals surface area contributed by atoms with Gasteiger partial charge in [-0.3, -0.25) is 0 Å². The number of fused-ring (bicyclic) bond motifs is 1. The van der Waals surface area contributed by atoms with Gasteiger partial charge in [0.1, 0.15) is 5.52 Å². The average Bonchev–Trinajstić information content (AvgIpc) is 2.58. The number of aryl methyl sites for hydroxylation is 1. The Morgan fingerprint density at radius 2 is 2.43 bits per heavy atom. The number of nitrogens with zero attached hydrogens (tertiary/aromatic N) is 3. The van der Waals surface area contributed by atoms with Crippen LogP contribution in [0.3, 0.4) is 0 Å². The van der Waals surface area contributed by atoms with Gasteiger partial charge in [-0.2, -0.15) is 0 Å². The fourth-order valence-corrected chi connectivity index (χ4v) is 1.36. The Kier molecular flexibility index (Phi) is 2.18. The minimum Gasteiger partial charge on any atom is -0.365 e. The molecule has 4 heteroatoms. The Bertz CT molecular complexity index is 458. The normalized spacial score (nSPS) is 10.4. The number of anilines is 1. The van der Waals surface area contributed by atoms with Crippen molar-refractivity contribution in [2.24, 2.45) is 7.05 Å². The van der Waals surface area contributed by atoms with E-state index < -0.39 is 0 Å². The summed E-state index contributed by atoms with van der Waals surface area (Å²) in [5.41, 5.74) is 1.98. The van der Waals surface area contributed by atoms with E-state index in [-0.39, 0.29) is 0 Å². The van der Waals surface area contributed by atoms with Crippen molar-refractivity contribution in [1.29, 1.82) is 0 Å². The van der Waals surface area contributed by atoms with E-state index in [0.29, 0.717) is 6.54 Å². The highest BCUT2D eigenvalue weighted by Crippen LogP contribution is 2.17. The molecule has 72 valence electrons. The van der Waals surface area contributed by atoms with Gasteiger partial charge in [0.25, 0.3) is 0 Å². The number of nitrogens with one attached hydrogen (secondary N) is 1. The Balaban J connectivity index is 2.48. The number of rotatable bonds is 3. The fourth-order valence-electron chi connectivity index (χ4n) is 1.36. The zero-order valence-corrected chi connectivity index (χ0v) is 8.07. The maximum Gasteiger partial charge on any atom is 0.154 e. The lowest BCUT2D eigenvalue weighted by atomic mass is 10.4. The Hall–Kier alpha value is -1.84. The first-order chi connectivity index (χ1) is 6.83. The zero-order chi connectivity index (χ0) is 9.97. The van der Waals surface area contributed by atoms with E-state index >= 15 is 0 Å². The van der Waals surface area contributed by atoms with Crippen LogP contribution in [0.2, 0.25) is 0 Å². The number of hydrogen-bond acceptors (Lipinski definition) is 3. The molecule has 0 aliphatic carbocycles. The van der Waals surface area contributed by atoms with Gasteiger partial charge in [-0.15, -0.1) is 6.58 Å². The second kappa shape index (κ2) is 3.49. The van der Waals surface area contributed by atoms with Crippen LogP contribution in [0.25, 0.3) is 11.0 Å². The van der Waals surface area contributed by atoms with E-state index in [1.165, 1.54) is 0 Å². The van der Waals surface area contributed by atoms with Crippen LogP contribution < -0.4 is 5.32 Å². The van der Waals surface area contributed by atoms with Crippen LogP contribution in [0.5, 0.6) is 0 Å². The lowest BCUT2D eigenvalue weighted by molar-refractivity contribution is 0.947. The first-order valence-corrected chi connectivity index (χ1v) is 4.43. The first-order valence-electron chi connectivity index (χ1n) is 4.43. The van der Waals surface area contributed by atoms with Crippen molar-refractivity contribution < 1.29 is 0 Å². The molecule has 0 bridgehead atoms. The van der Waals surface area contributed by atoms with Crippen molar-refractivity contribution >= 4 is 16.9 Å². The SMILES string of the molecule is C=CCNc1nccc2c1ncn2C. The minimum absolute atomic E-state index is 0.697. The molecule has 0 unspecified atom stereocenters. The molecule has 4 nitrogen and oxygen atoms in total. The van der Waals surface area contributed by atoms with Crippen LogP contribution in [0, 0.1) is 0 Å². The van der Waals surface area contributed by atoms with Crippen molar-refractivity contribution in [3.8, 4) is 0 Å². The smallest absolute Gasteiger partial charge is 0.154 e. The zero-order valence-electron chi connectivity index (χ0n) is 8.07. The molecule has 0 amide bonds. The number of pyridine rings is 1. The molecule has 0 aromatic carbocycles. The largest absolute Gasteiger partial charge is 0.365 e. The molecule has 0 aliphatic rings. The summed E-state index contributed by atoms with van der Waals surface area (Å²) in [6.45, 7) is 4.34. The van der Waals surface area contributed by atoms with Crippen molar-refractivity contribution in [3.63, 3.8) is 0 Å². The average molecular weight is 188 g/mol. The van der Waals surface area contributed by atoms with Crippen LogP contribution >= 0.6 is 0 Å². The third kappa shape index (κ3) is 1.35. The Morgan fingerprint density at radius 3 is 3.21 bits per heavy atom. The third-order valence-electron chi connectivity index (χ3n) is 2.06. The monoisotopic (exact) mass is 188 g/mol. The molecule has 2 rings (SSSR count). The van der Waals surface area contributed by atoms with E-state index in [1.54, 1.807) is 18.6 Å². The van der Waals surface area contributed by atoms with E-state index in [0.717, 1.165) is 16.9 Å². The van der Waals surface area contributed by atoms with Gasteiger partial charge in [0.2, 0.25) is 0 Å². The number of hydrogen-bond donors (Lipinski definition) is 1. The molecule has 1 N–H and O–H groups in total. The third-order valence-corrected chi connectivity index (χ3v) is 2.06. The van der Waals surface area contributed by atoms with Gasteiger partial charge >= 0.3 is 0 Å². The molecular weight excluding hydrogens is 176 g/mol. The summed E-state index contributed by atoms with van der Waals surface area (Å²) in [7, 11) is 1.96. The Labute approximate surface area is 82.3 Å². The maximum absolute atomic E-state index is 4.27. The summed E-state index contributed by atoms with van der Waals surface area (Å²) >= 11 is 0. The molecule has 2 aromatic heterocycles. The molecule has 2 aromatic rings. The molecule has 0 spiro atoms. The van der Waals surface area contributed by atoms with Crippen molar-refractivity contribution in [3.05, 3.63) is 31.2 Å². The highest BCUT2D eigenvalue weighted by molar-refractivity contribution is 5.85. The van der Waals surface area contributed by atoms with Gasteiger partial charge in [-0.1, -0.05) is 6.08 Å². The quantitative estimate of drug-likeness (QED) is 0.743. The lowest BCUT2D eigenvalue weighted by Crippen LogP contribution is -2.00. The molecule has 0 atom stereocenters. The highest BCUT2D eigenvalue weighted by atomic mass is 15.1. The van der Waals surface area contributed by atoms with Crippen molar-refractivity contribution in [2.75, 3.05) is 11.9 Å². The second-order valence-corrected chi connectivity index (χ2v) is 3.05. The molecule has 0 fully saturated rings. The van der Waals surface area contributed by atoms with E-state index in [1.807, 2.05) is 17.7 Å². The predicted octanol–water partition coefficient (Wildman–Crippen LogP) is 1.57. The minimum atomic E-state index is 0.697. The maximum atomic E-state index is 4.27. The summed E-state index contributed by atoms with van der Waals surface area (Å²) in [5, 5.41) is 3.15. The van der Waals surface area contributed by atoms with Crippen LogP contribution in [-0.2, 0) is 7.05 Å². The summed E-state index contributed by atoms with van der Waals surface area (Å²) in [6.07, 6.45) is 5.35. The van der Waals surface area contributed by atoms with Crippen LogP contribution in [0.4, 0.5) is 5.82 Å². The summed E-state index contributed by atoms with van der Waals surface area (Å²) < 4.78 is 1.97. The highest BCUT2D eigenvalue weighted by Gasteiger charge is 2.04. The molecule has 0 radical (unpaired) electrons. The topological polar surface area (TPSA) is 42.7 Å². The fraction of sp³-hybridized carbons (Fsp3) is 0.200. The lowest BCUT2D eigenvalue weighted by Gasteiger charge is -2.02. The molecular formula is C10H12N4. The molecule has 0 saturated heterocycles. The number of aromatic nitrogens is 3. The van der Waals surface area contributed by atoms with Gasteiger partial charge in [-0.25, -0.2) is 9.97 Å². The molecule has 2 heterocycles. The predicted molar refractivity (Wildman–Crippen MR) is 57.2 cm³/mol. The molecule has 14 heavy (non-hydrogen) atoms. The number of imidazole rings is 1. The summed E-state index contributed by atoms with van der Waals surface area (Å²) in [5.74, 6) is 0.808. The van der Waals surface area contributed by atoms with Crippen molar-refractivity contribution in [2.45, 2.75) is 0 Å². The second-order valence-electron chi connectivity index (χ2n) is 3.05. The standard InChI is InChI=1S/C10H12N4/c1-3-5-11-10-9-8(4-6-12-10)14(2)7-13-9/h3-4,6-7H,1,5H2,2H3,(H,11,12). The van der Waals surface area contributed by atoms with Crippen LogP contribution in [0.15, 0.2) is 31.2 Å². The van der Waals surface area contributed by atoms with Gasteiger partial charge in [0.05, 0.1) is 11.8 Å². The van der Waals surface area contributed by atoms with Gasteiger partial charge in [0.15, 0.2) is 5.82 Å². The van der Waals surface area contributed by atoms with E-state index in [9.17, 15) is 0 Å².